The number of nitrogens with one attached hydrogen (secondary N) is 2. The normalized spacial score (nSPS) is 15.7. The van der Waals surface area contributed by atoms with Gasteiger partial charge in [0.05, 0.1) is 0 Å². The van der Waals surface area contributed by atoms with Crippen LogP contribution >= 0.6 is 0 Å². The van der Waals surface area contributed by atoms with Crippen molar-refractivity contribution >= 4 is 11.8 Å². The lowest BCUT2D eigenvalue weighted by Gasteiger charge is -2.17. The van der Waals surface area contributed by atoms with Gasteiger partial charge in [-0.25, -0.2) is 0 Å². The van der Waals surface area contributed by atoms with E-state index in [4.69, 9.17) is 0 Å². The summed E-state index contributed by atoms with van der Waals surface area (Å²) < 4.78 is 0. The van der Waals surface area contributed by atoms with Crippen molar-refractivity contribution in [2.45, 2.75) is 52.0 Å². The zero-order valence-electron chi connectivity index (χ0n) is 12.2. The number of amides is 2. The third kappa shape index (κ3) is 6.05. The second kappa shape index (κ2) is 8.91. The molecule has 0 aromatic rings. The summed E-state index contributed by atoms with van der Waals surface area (Å²) in [6, 6.07) is 0.203. The van der Waals surface area contributed by atoms with Crippen LogP contribution in [0.15, 0.2) is 0 Å². The summed E-state index contributed by atoms with van der Waals surface area (Å²) in [7, 11) is 0. The lowest BCUT2D eigenvalue weighted by Crippen LogP contribution is -2.44. The fourth-order valence-corrected chi connectivity index (χ4v) is 2.45. The molecule has 19 heavy (non-hydrogen) atoms. The van der Waals surface area contributed by atoms with Gasteiger partial charge in [-0.3, -0.25) is 9.59 Å². The molecule has 0 bridgehead atoms. The molecule has 0 aromatic carbocycles. The first-order valence-corrected chi connectivity index (χ1v) is 7.48. The number of carbonyl (C=O) groups excluding carboxylic acids is 2. The van der Waals surface area contributed by atoms with Crippen LogP contribution < -0.4 is 10.6 Å². The van der Waals surface area contributed by atoms with Gasteiger partial charge in [0, 0.05) is 12.6 Å². The van der Waals surface area contributed by atoms with E-state index in [1.165, 1.54) is 0 Å². The van der Waals surface area contributed by atoms with E-state index >= 15 is 0 Å². The molecule has 5 heteroatoms. The Hall–Kier alpha value is -1.10. The van der Waals surface area contributed by atoms with E-state index in [1.54, 1.807) is 0 Å². The van der Waals surface area contributed by atoms with Gasteiger partial charge in [-0.2, -0.15) is 0 Å². The Morgan fingerprint density at radius 3 is 2.32 bits per heavy atom. The SMILES string of the molecule is CCN(CC)CCCNC(=O)C(=O)NC1CCCC1. The lowest BCUT2D eigenvalue weighted by atomic mass is 10.2. The highest BCUT2D eigenvalue weighted by Gasteiger charge is 2.20. The Morgan fingerprint density at radius 1 is 1.11 bits per heavy atom. The fraction of sp³-hybridized carbons (Fsp3) is 0.857. The van der Waals surface area contributed by atoms with E-state index in [0.29, 0.717) is 6.54 Å². The van der Waals surface area contributed by atoms with Crippen molar-refractivity contribution in [3.05, 3.63) is 0 Å². The molecule has 110 valence electrons. The van der Waals surface area contributed by atoms with Crippen LogP contribution in [0.1, 0.15) is 46.0 Å². The standard InChI is InChI=1S/C14H27N3O2/c1-3-17(4-2)11-7-10-15-13(18)14(19)16-12-8-5-6-9-12/h12H,3-11H2,1-2H3,(H,15,18)(H,16,19). The van der Waals surface area contributed by atoms with E-state index in [1.807, 2.05) is 0 Å². The largest absolute Gasteiger partial charge is 0.348 e. The molecule has 1 aliphatic rings. The van der Waals surface area contributed by atoms with Crippen molar-refractivity contribution in [3.8, 4) is 0 Å². The average Bonchev–Trinajstić information content (AvgIpc) is 2.91. The molecule has 0 aliphatic heterocycles. The molecule has 1 fully saturated rings. The maximum atomic E-state index is 11.6. The Labute approximate surface area is 116 Å². The zero-order chi connectivity index (χ0) is 14.1. The summed E-state index contributed by atoms with van der Waals surface area (Å²) in [6.07, 6.45) is 5.18. The highest BCUT2D eigenvalue weighted by Crippen LogP contribution is 2.17. The minimum Gasteiger partial charge on any atom is -0.348 e. The quantitative estimate of drug-likeness (QED) is 0.533. The Bertz CT molecular complexity index is 284. The molecule has 0 radical (unpaired) electrons. The molecule has 1 rings (SSSR count). The van der Waals surface area contributed by atoms with Crippen molar-refractivity contribution in [2.24, 2.45) is 0 Å². The third-order valence-electron chi connectivity index (χ3n) is 3.73. The molecule has 0 unspecified atom stereocenters. The highest BCUT2D eigenvalue weighted by atomic mass is 16.2. The number of carbonyl (C=O) groups is 2. The highest BCUT2D eigenvalue weighted by molar-refractivity contribution is 6.35. The Kier molecular flexibility index (Phi) is 7.48. The van der Waals surface area contributed by atoms with Crippen LogP contribution in [-0.2, 0) is 9.59 Å². The van der Waals surface area contributed by atoms with E-state index in [9.17, 15) is 9.59 Å². The molecular weight excluding hydrogens is 242 g/mol. The van der Waals surface area contributed by atoms with E-state index < -0.39 is 11.8 Å². The lowest BCUT2D eigenvalue weighted by molar-refractivity contribution is -0.139. The van der Waals surface area contributed by atoms with Gasteiger partial charge in [-0.1, -0.05) is 26.7 Å². The maximum Gasteiger partial charge on any atom is 0.309 e. The molecular formula is C14H27N3O2. The molecule has 0 aromatic heterocycles. The average molecular weight is 269 g/mol. The Morgan fingerprint density at radius 2 is 1.74 bits per heavy atom. The minimum atomic E-state index is -0.494. The summed E-state index contributed by atoms with van der Waals surface area (Å²) in [6.45, 7) is 7.80. The minimum absolute atomic E-state index is 0.203. The van der Waals surface area contributed by atoms with E-state index in [0.717, 1.165) is 51.7 Å². The monoisotopic (exact) mass is 269 g/mol. The maximum absolute atomic E-state index is 11.6. The molecule has 1 saturated carbocycles. The number of hydrogen-bond acceptors (Lipinski definition) is 3. The fourth-order valence-electron chi connectivity index (χ4n) is 2.45. The number of nitrogens with zero attached hydrogens (tertiary/aromatic N) is 1. The van der Waals surface area contributed by atoms with Crippen molar-refractivity contribution in [1.29, 1.82) is 0 Å². The van der Waals surface area contributed by atoms with Crippen molar-refractivity contribution < 1.29 is 9.59 Å². The van der Waals surface area contributed by atoms with Crippen LogP contribution in [0.25, 0.3) is 0 Å². The molecule has 2 N–H and O–H groups in total. The van der Waals surface area contributed by atoms with E-state index in [-0.39, 0.29) is 6.04 Å². The molecule has 1 aliphatic carbocycles. The van der Waals surface area contributed by atoms with Gasteiger partial charge in [0.15, 0.2) is 0 Å². The summed E-state index contributed by atoms with van der Waals surface area (Å²) in [5.74, 6) is -0.971. The van der Waals surface area contributed by atoms with Gasteiger partial charge < -0.3 is 15.5 Å². The second-order valence-corrected chi connectivity index (χ2v) is 5.09. The van der Waals surface area contributed by atoms with Gasteiger partial charge in [0.1, 0.15) is 0 Å². The predicted octanol–water partition coefficient (Wildman–Crippen LogP) is 0.893. The zero-order valence-corrected chi connectivity index (χ0v) is 12.2. The smallest absolute Gasteiger partial charge is 0.309 e. The summed E-state index contributed by atoms with van der Waals surface area (Å²) in [5, 5.41) is 5.47. The topological polar surface area (TPSA) is 61.4 Å². The van der Waals surface area contributed by atoms with Gasteiger partial charge in [-0.15, -0.1) is 0 Å². The van der Waals surface area contributed by atoms with Gasteiger partial charge in [0.2, 0.25) is 0 Å². The van der Waals surface area contributed by atoms with Gasteiger partial charge in [-0.05, 0) is 38.9 Å². The summed E-state index contributed by atoms with van der Waals surface area (Å²) >= 11 is 0. The van der Waals surface area contributed by atoms with Crippen LogP contribution in [0.4, 0.5) is 0 Å². The number of hydrogen-bond donors (Lipinski definition) is 2. The van der Waals surface area contributed by atoms with Crippen LogP contribution in [0.2, 0.25) is 0 Å². The van der Waals surface area contributed by atoms with Crippen LogP contribution in [-0.4, -0.2) is 48.9 Å². The van der Waals surface area contributed by atoms with Crippen molar-refractivity contribution in [3.63, 3.8) is 0 Å². The van der Waals surface area contributed by atoms with Crippen LogP contribution in [0.5, 0.6) is 0 Å². The predicted molar refractivity (Wildman–Crippen MR) is 75.8 cm³/mol. The molecule has 0 spiro atoms. The molecule has 0 heterocycles. The second-order valence-electron chi connectivity index (χ2n) is 5.09. The molecule has 0 atom stereocenters. The first kappa shape index (κ1) is 16.0. The molecule has 2 amide bonds. The Balaban J connectivity index is 2.10. The summed E-state index contributed by atoms with van der Waals surface area (Å²) in [5.41, 5.74) is 0. The summed E-state index contributed by atoms with van der Waals surface area (Å²) in [4.78, 5) is 25.5. The van der Waals surface area contributed by atoms with Crippen molar-refractivity contribution in [2.75, 3.05) is 26.2 Å². The van der Waals surface area contributed by atoms with E-state index in [2.05, 4.69) is 29.4 Å². The van der Waals surface area contributed by atoms with Crippen LogP contribution in [0.3, 0.4) is 0 Å². The third-order valence-corrected chi connectivity index (χ3v) is 3.73. The van der Waals surface area contributed by atoms with Crippen molar-refractivity contribution in [1.82, 2.24) is 15.5 Å². The molecule has 0 saturated heterocycles. The molecule has 5 nitrogen and oxygen atoms in total. The first-order chi connectivity index (χ1) is 9.17. The first-order valence-electron chi connectivity index (χ1n) is 7.48. The van der Waals surface area contributed by atoms with Crippen LogP contribution in [0, 0.1) is 0 Å². The van der Waals surface area contributed by atoms with Gasteiger partial charge >= 0.3 is 11.8 Å². The van der Waals surface area contributed by atoms with Gasteiger partial charge in [0.25, 0.3) is 0 Å². The number of rotatable bonds is 7.